The molecule has 114 valence electrons. The fourth-order valence-corrected chi connectivity index (χ4v) is 3.08. The Balaban J connectivity index is 1.99. The largest absolute Gasteiger partial charge is 0.494 e. The van der Waals surface area contributed by atoms with Gasteiger partial charge in [-0.2, -0.15) is 0 Å². The maximum atomic E-state index is 13.8. The van der Waals surface area contributed by atoms with Crippen LogP contribution in [0.2, 0.25) is 0 Å². The van der Waals surface area contributed by atoms with Crippen molar-refractivity contribution >= 4 is 17.0 Å². The first-order chi connectivity index (χ1) is 10.1. The number of nitrogens with zero attached hydrogens (tertiary/aromatic N) is 3. The van der Waals surface area contributed by atoms with Gasteiger partial charge in [0, 0.05) is 24.7 Å². The Bertz CT molecular complexity index is 655. The van der Waals surface area contributed by atoms with E-state index in [1.54, 1.807) is 6.07 Å². The quantitative estimate of drug-likeness (QED) is 0.942. The van der Waals surface area contributed by atoms with Crippen LogP contribution in [0.4, 0.5) is 10.3 Å². The second kappa shape index (κ2) is 5.52. The van der Waals surface area contributed by atoms with Gasteiger partial charge in [-0.1, -0.05) is 6.42 Å². The molecule has 0 bridgehead atoms. The van der Waals surface area contributed by atoms with Gasteiger partial charge in [-0.05, 0) is 26.4 Å². The van der Waals surface area contributed by atoms with Gasteiger partial charge in [0.15, 0.2) is 11.6 Å². The fourth-order valence-electron chi connectivity index (χ4n) is 3.08. The van der Waals surface area contributed by atoms with Gasteiger partial charge in [-0.25, -0.2) is 9.37 Å². The minimum atomic E-state index is -0.413. The van der Waals surface area contributed by atoms with E-state index in [9.17, 15) is 4.39 Å². The Morgan fingerprint density at radius 3 is 2.95 bits per heavy atom. The molecule has 1 aliphatic heterocycles. The first-order valence-electron chi connectivity index (χ1n) is 7.29. The number of imidazole rings is 1. The Hall–Kier alpha value is -1.82. The van der Waals surface area contributed by atoms with Gasteiger partial charge in [-0.15, -0.1) is 0 Å². The number of fused-ring (bicyclic) bond motifs is 1. The van der Waals surface area contributed by atoms with Crippen LogP contribution in [0.15, 0.2) is 12.1 Å². The molecule has 1 unspecified atom stereocenters. The molecule has 1 aromatic carbocycles. The molecule has 0 spiro atoms. The van der Waals surface area contributed by atoms with Gasteiger partial charge in [0.1, 0.15) is 0 Å². The highest BCUT2D eigenvalue weighted by Crippen LogP contribution is 2.28. The molecule has 21 heavy (non-hydrogen) atoms. The maximum Gasteiger partial charge on any atom is 0.201 e. The Morgan fingerprint density at radius 1 is 1.43 bits per heavy atom. The number of halogens is 1. The zero-order valence-corrected chi connectivity index (χ0v) is 12.5. The van der Waals surface area contributed by atoms with Gasteiger partial charge in [0.2, 0.25) is 5.95 Å². The summed E-state index contributed by atoms with van der Waals surface area (Å²) in [5.74, 6) is 0.238. The highest BCUT2D eigenvalue weighted by atomic mass is 19.1. The first-order valence-corrected chi connectivity index (χ1v) is 7.29. The number of hydrogen-bond acceptors (Lipinski definition) is 4. The third-order valence-electron chi connectivity index (χ3n) is 4.37. The van der Waals surface area contributed by atoms with E-state index in [2.05, 4.69) is 16.9 Å². The van der Waals surface area contributed by atoms with Crippen LogP contribution in [-0.4, -0.2) is 41.2 Å². The molecule has 0 amide bonds. The molecule has 0 aliphatic carbocycles. The molecule has 3 rings (SSSR count). The van der Waals surface area contributed by atoms with Crippen molar-refractivity contribution in [1.82, 2.24) is 14.5 Å². The van der Waals surface area contributed by atoms with Crippen molar-refractivity contribution in [3.63, 3.8) is 0 Å². The van der Waals surface area contributed by atoms with Gasteiger partial charge in [-0.3, -0.25) is 0 Å². The molecule has 2 aromatic rings. The van der Waals surface area contributed by atoms with E-state index in [0.29, 0.717) is 17.5 Å². The molecule has 6 heteroatoms. The van der Waals surface area contributed by atoms with Crippen molar-refractivity contribution in [1.29, 1.82) is 0 Å². The summed E-state index contributed by atoms with van der Waals surface area (Å²) in [6.45, 7) is 1.88. The molecule has 1 saturated heterocycles. The summed E-state index contributed by atoms with van der Waals surface area (Å²) in [6.07, 6.45) is 3.62. The van der Waals surface area contributed by atoms with E-state index in [0.717, 1.165) is 25.0 Å². The number of methoxy groups -OCH3 is 1. The zero-order valence-electron chi connectivity index (χ0n) is 12.5. The Kier molecular flexibility index (Phi) is 3.71. The lowest BCUT2D eigenvalue weighted by Gasteiger charge is -2.32. The molecular formula is C15H21FN4O. The summed E-state index contributed by atoms with van der Waals surface area (Å²) in [5, 5.41) is 0. The van der Waals surface area contributed by atoms with Crippen molar-refractivity contribution in [2.45, 2.75) is 31.8 Å². The average Bonchev–Trinajstić information content (AvgIpc) is 2.75. The minimum Gasteiger partial charge on any atom is -0.494 e. The maximum absolute atomic E-state index is 13.8. The Labute approximate surface area is 123 Å². The number of hydrogen-bond donors (Lipinski definition) is 1. The molecule has 5 nitrogen and oxygen atoms in total. The van der Waals surface area contributed by atoms with E-state index in [1.807, 2.05) is 4.57 Å². The highest BCUT2D eigenvalue weighted by Gasteiger charge is 2.22. The van der Waals surface area contributed by atoms with Crippen LogP contribution in [0.3, 0.4) is 0 Å². The number of ether oxygens (including phenoxy) is 1. The Morgan fingerprint density at radius 2 is 2.24 bits per heavy atom. The highest BCUT2D eigenvalue weighted by molar-refractivity contribution is 5.80. The lowest BCUT2D eigenvalue weighted by molar-refractivity contribution is 0.169. The van der Waals surface area contributed by atoms with Crippen LogP contribution in [0, 0.1) is 5.82 Å². The zero-order chi connectivity index (χ0) is 15.0. The number of aromatic nitrogens is 2. The molecule has 1 aliphatic rings. The second-order valence-electron chi connectivity index (χ2n) is 5.69. The standard InChI is InChI=1S/C15H21FN4O/c1-19-6-4-3-5-10(19)9-20-13-8-14(21-2)11(16)7-12(13)18-15(20)17/h7-8,10H,3-6,9H2,1-2H3,(H2,17,18). The topological polar surface area (TPSA) is 56.3 Å². The van der Waals surface area contributed by atoms with Crippen molar-refractivity contribution in [2.75, 3.05) is 26.4 Å². The van der Waals surface area contributed by atoms with Crippen LogP contribution in [-0.2, 0) is 6.54 Å². The molecule has 1 fully saturated rings. The number of nitrogen functional groups attached to an aromatic ring is 1. The second-order valence-corrected chi connectivity index (χ2v) is 5.69. The van der Waals surface area contributed by atoms with E-state index < -0.39 is 5.82 Å². The molecule has 0 saturated carbocycles. The van der Waals surface area contributed by atoms with E-state index >= 15 is 0 Å². The van der Waals surface area contributed by atoms with Gasteiger partial charge < -0.3 is 19.9 Å². The summed E-state index contributed by atoms with van der Waals surface area (Å²) >= 11 is 0. The number of rotatable bonds is 3. The third-order valence-corrected chi connectivity index (χ3v) is 4.37. The number of benzene rings is 1. The van der Waals surface area contributed by atoms with Crippen LogP contribution >= 0.6 is 0 Å². The number of likely N-dealkylation sites (tertiary alicyclic amines) is 1. The van der Waals surface area contributed by atoms with Crippen molar-refractivity contribution in [3.05, 3.63) is 17.9 Å². The molecule has 0 radical (unpaired) electrons. The summed E-state index contributed by atoms with van der Waals surface area (Å²) in [7, 11) is 3.60. The number of anilines is 1. The normalized spacial score (nSPS) is 20.0. The predicted molar refractivity (Wildman–Crippen MR) is 80.9 cm³/mol. The third kappa shape index (κ3) is 2.55. The van der Waals surface area contributed by atoms with Crippen LogP contribution in [0.25, 0.3) is 11.0 Å². The summed E-state index contributed by atoms with van der Waals surface area (Å²) in [4.78, 5) is 6.62. The van der Waals surface area contributed by atoms with Crippen LogP contribution < -0.4 is 10.5 Å². The molecular weight excluding hydrogens is 271 g/mol. The van der Waals surface area contributed by atoms with Crippen molar-refractivity contribution in [3.8, 4) is 5.75 Å². The number of likely N-dealkylation sites (N-methyl/N-ethyl adjacent to an activating group) is 1. The predicted octanol–water partition coefficient (Wildman–Crippen LogP) is 2.25. The van der Waals surface area contributed by atoms with E-state index in [1.165, 1.54) is 26.0 Å². The number of nitrogens with two attached hydrogens (primary N) is 1. The minimum absolute atomic E-state index is 0.223. The molecule has 2 N–H and O–H groups in total. The molecule has 2 heterocycles. The van der Waals surface area contributed by atoms with Crippen molar-refractivity contribution < 1.29 is 9.13 Å². The van der Waals surface area contributed by atoms with Gasteiger partial charge >= 0.3 is 0 Å². The lowest BCUT2D eigenvalue weighted by Crippen LogP contribution is -2.39. The molecule has 1 atom stereocenters. The SMILES string of the molecule is COc1cc2c(cc1F)nc(N)n2CC1CCCCN1C. The lowest BCUT2D eigenvalue weighted by atomic mass is 10.0. The first kappa shape index (κ1) is 14.1. The summed E-state index contributed by atoms with van der Waals surface area (Å²) in [6, 6.07) is 3.50. The van der Waals surface area contributed by atoms with Crippen LogP contribution in [0.1, 0.15) is 19.3 Å². The smallest absolute Gasteiger partial charge is 0.201 e. The van der Waals surface area contributed by atoms with Crippen molar-refractivity contribution in [2.24, 2.45) is 0 Å². The van der Waals surface area contributed by atoms with E-state index in [-0.39, 0.29) is 5.75 Å². The average molecular weight is 292 g/mol. The monoisotopic (exact) mass is 292 g/mol. The molecule has 1 aromatic heterocycles. The van der Waals surface area contributed by atoms with Gasteiger partial charge in [0.05, 0.1) is 18.1 Å². The summed E-state index contributed by atoms with van der Waals surface area (Å²) < 4.78 is 20.8. The van der Waals surface area contributed by atoms with E-state index in [4.69, 9.17) is 10.5 Å². The number of piperidine rings is 1. The summed E-state index contributed by atoms with van der Waals surface area (Å²) in [5.41, 5.74) is 7.42. The van der Waals surface area contributed by atoms with Gasteiger partial charge in [0.25, 0.3) is 0 Å². The fraction of sp³-hybridized carbons (Fsp3) is 0.533. The van der Waals surface area contributed by atoms with Crippen LogP contribution in [0.5, 0.6) is 5.75 Å².